The maximum absolute atomic E-state index is 13.0. The Morgan fingerprint density at radius 1 is 0.857 bits per heavy atom. The van der Waals surface area contributed by atoms with Crippen LogP contribution in [0.2, 0.25) is 0 Å². The summed E-state index contributed by atoms with van der Waals surface area (Å²) in [6.07, 6.45) is -8.49. The minimum Gasteiger partial charge on any atom is -0.508 e. The highest BCUT2D eigenvalue weighted by Crippen LogP contribution is 2.43. The van der Waals surface area contributed by atoms with E-state index in [0.29, 0.717) is 5.56 Å². The van der Waals surface area contributed by atoms with E-state index in [0.717, 1.165) is 12.1 Å². The van der Waals surface area contributed by atoms with Crippen LogP contribution in [0.4, 0.5) is 0 Å². The number of aliphatic hydroxyl groups is 4. The lowest BCUT2D eigenvalue weighted by Gasteiger charge is -2.38. The van der Waals surface area contributed by atoms with Gasteiger partial charge < -0.3 is 54.7 Å². The average molecular weight is 580 g/mol. The van der Waals surface area contributed by atoms with E-state index in [2.05, 4.69) is 0 Å². The van der Waals surface area contributed by atoms with Crippen LogP contribution in [0.25, 0.3) is 34.1 Å². The molecule has 42 heavy (non-hydrogen) atoms. The quantitative estimate of drug-likeness (QED) is 0.0927. The maximum atomic E-state index is 13.0. The number of aliphatic carboxylic acids is 1. The molecule has 218 valence electrons. The third kappa shape index (κ3) is 5.20. The van der Waals surface area contributed by atoms with E-state index in [9.17, 15) is 50.4 Å². The number of ether oxygens (including phenoxy) is 2. The number of aromatic hydroxyl groups is 3. The standard InChI is InChI=1S/C29H24O13/c30-13-6-7-14(15(9-13)16(31)8-12-4-2-1-3-5-12)18-10-17(32)21-19(40-18)11-20(22(33)23(21)34)41-29-26(37)24(35)25(36)27(42-29)28(38)39/h1-11,24-27,29-31,33-37H,(H,38,39)/b16-8-/t24-,25-,26+,27-,29+/m0/s1. The second-order valence-corrected chi connectivity index (χ2v) is 9.44. The van der Waals surface area contributed by atoms with Gasteiger partial charge in [0.25, 0.3) is 0 Å². The first-order valence-corrected chi connectivity index (χ1v) is 12.4. The predicted octanol–water partition coefficient (Wildman–Crippen LogP) is 1.90. The van der Waals surface area contributed by atoms with Crippen molar-refractivity contribution >= 4 is 28.8 Å². The van der Waals surface area contributed by atoms with Crippen molar-refractivity contribution in [2.75, 3.05) is 0 Å². The highest BCUT2D eigenvalue weighted by atomic mass is 16.7. The van der Waals surface area contributed by atoms with Crippen molar-refractivity contribution in [2.24, 2.45) is 0 Å². The van der Waals surface area contributed by atoms with Crippen LogP contribution in [0.15, 0.2) is 69.9 Å². The number of hydrogen-bond donors (Lipinski definition) is 8. The number of rotatable bonds is 6. The van der Waals surface area contributed by atoms with E-state index in [-0.39, 0.29) is 34.0 Å². The fourth-order valence-corrected chi connectivity index (χ4v) is 4.51. The maximum Gasteiger partial charge on any atom is 0.335 e. The van der Waals surface area contributed by atoms with E-state index >= 15 is 0 Å². The molecule has 0 spiro atoms. The Bertz CT molecular complexity index is 1740. The summed E-state index contributed by atoms with van der Waals surface area (Å²) < 4.78 is 16.2. The molecule has 1 aromatic heterocycles. The molecule has 3 aromatic carbocycles. The molecule has 0 unspecified atom stereocenters. The summed E-state index contributed by atoms with van der Waals surface area (Å²) in [6.45, 7) is 0. The zero-order chi connectivity index (χ0) is 30.3. The third-order valence-corrected chi connectivity index (χ3v) is 6.64. The van der Waals surface area contributed by atoms with E-state index in [1.807, 2.05) is 0 Å². The van der Waals surface area contributed by atoms with Gasteiger partial charge in [0.15, 0.2) is 23.0 Å². The Hall–Kier alpha value is -5.08. The van der Waals surface area contributed by atoms with Crippen LogP contribution in [0, 0.1) is 0 Å². The normalized spacial score (nSPS) is 22.6. The summed E-state index contributed by atoms with van der Waals surface area (Å²) in [5.41, 5.74) is -0.254. The van der Waals surface area contributed by atoms with Gasteiger partial charge in [0.05, 0.1) is 0 Å². The van der Waals surface area contributed by atoms with Crippen molar-refractivity contribution < 1.29 is 59.5 Å². The van der Waals surface area contributed by atoms with Crippen molar-refractivity contribution in [2.45, 2.75) is 30.7 Å². The molecule has 1 saturated heterocycles. The molecule has 13 heteroatoms. The number of phenolic OH excluding ortho intramolecular Hbond substituents is 3. The molecule has 0 bridgehead atoms. The summed E-state index contributed by atoms with van der Waals surface area (Å²) in [5.74, 6) is -4.84. The van der Waals surface area contributed by atoms with Crippen molar-refractivity contribution in [3.05, 3.63) is 82.0 Å². The lowest BCUT2D eigenvalue weighted by Crippen LogP contribution is -2.61. The smallest absolute Gasteiger partial charge is 0.335 e. The van der Waals surface area contributed by atoms with E-state index in [1.165, 1.54) is 24.3 Å². The molecule has 0 saturated carbocycles. The summed E-state index contributed by atoms with van der Waals surface area (Å²) in [7, 11) is 0. The fraction of sp³-hybridized carbons (Fsp3) is 0.172. The summed E-state index contributed by atoms with van der Waals surface area (Å²) in [4.78, 5) is 24.5. The molecule has 13 nitrogen and oxygen atoms in total. The predicted molar refractivity (Wildman–Crippen MR) is 145 cm³/mol. The Kier molecular flexibility index (Phi) is 7.49. The molecule has 1 aliphatic heterocycles. The highest BCUT2D eigenvalue weighted by Gasteiger charge is 2.48. The van der Waals surface area contributed by atoms with Gasteiger partial charge in [-0.2, -0.15) is 0 Å². The first-order chi connectivity index (χ1) is 20.0. The first-order valence-electron chi connectivity index (χ1n) is 12.4. The second-order valence-electron chi connectivity index (χ2n) is 9.44. The van der Waals surface area contributed by atoms with E-state index < -0.39 is 64.7 Å². The lowest BCUT2D eigenvalue weighted by molar-refractivity contribution is -0.271. The number of carbonyl (C=O) groups is 1. The number of benzene rings is 3. The van der Waals surface area contributed by atoms with Crippen molar-refractivity contribution in [3.8, 4) is 34.3 Å². The SMILES string of the molecule is O=C(O)[C@H]1O[C@@H](Oc2cc3oc(-c4ccc(O)cc4/C(O)=C/c4ccccc4)cc(=O)c3c(O)c2O)[C@H](O)[C@@H](O)[C@@H]1O. The second kappa shape index (κ2) is 11.1. The number of carboxylic acids is 1. The van der Waals surface area contributed by atoms with Crippen LogP contribution >= 0.6 is 0 Å². The van der Waals surface area contributed by atoms with Gasteiger partial charge in [-0.05, 0) is 29.8 Å². The van der Waals surface area contributed by atoms with E-state index in [4.69, 9.17) is 13.9 Å². The van der Waals surface area contributed by atoms with Crippen LogP contribution in [-0.4, -0.2) is 77.5 Å². The van der Waals surface area contributed by atoms with Crippen molar-refractivity contribution in [3.63, 3.8) is 0 Å². The van der Waals surface area contributed by atoms with Gasteiger partial charge >= 0.3 is 5.97 Å². The lowest BCUT2D eigenvalue weighted by atomic mass is 9.99. The molecule has 0 amide bonds. The zero-order valence-corrected chi connectivity index (χ0v) is 21.4. The fourth-order valence-electron chi connectivity index (χ4n) is 4.51. The van der Waals surface area contributed by atoms with E-state index in [1.54, 1.807) is 30.3 Å². The number of phenols is 3. The first kappa shape index (κ1) is 28.4. The Morgan fingerprint density at radius 3 is 2.26 bits per heavy atom. The molecular weight excluding hydrogens is 556 g/mol. The molecule has 1 aliphatic rings. The van der Waals surface area contributed by atoms with Crippen LogP contribution < -0.4 is 10.2 Å². The van der Waals surface area contributed by atoms with Crippen molar-refractivity contribution in [1.29, 1.82) is 0 Å². The number of fused-ring (bicyclic) bond motifs is 1. The molecular formula is C29H24O13. The Morgan fingerprint density at radius 2 is 1.57 bits per heavy atom. The van der Waals surface area contributed by atoms with Crippen LogP contribution in [0.5, 0.6) is 23.0 Å². The molecule has 1 fully saturated rings. The highest BCUT2D eigenvalue weighted by molar-refractivity contribution is 5.91. The zero-order valence-electron chi connectivity index (χ0n) is 21.4. The van der Waals surface area contributed by atoms with Gasteiger partial charge in [-0.25, -0.2) is 4.79 Å². The molecule has 0 aliphatic carbocycles. The summed E-state index contributed by atoms with van der Waals surface area (Å²) >= 11 is 0. The topological polar surface area (TPSA) is 228 Å². The Balaban J connectivity index is 1.59. The number of hydrogen-bond acceptors (Lipinski definition) is 12. The molecule has 8 N–H and O–H groups in total. The minimum absolute atomic E-state index is 0.0896. The molecule has 4 aromatic rings. The van der Waals surface area contributed by atoms with Crippen molar-refractivity contribution in [1.82, 2.24) is 0 Å². The number of aliphatic hydroxyl groups excluding tert-OH is 4. The largest absolute Gasteiger partial charge is 0.508 e. The minimum atomic E-state index is -2.00. The monoisotopic (exact) mass is 580 g/mol. The van der Waals surface area contributed by atoms with Crippen LogP contribution in [-0.2, 0) is 9.53 Å². The van der Waals surface area contributed by atoms with Gasteiger partial charge in [-0.15, -0.1) is 0 Å². The Labute approximate surface area is 235 Å². The van der Waals surface area contributed by atoms with Crippen LogP contribution in [0.3, 0.4) is 0 Å². The van der Waals surface area contributed by atoms with Gasteiger partial charge in [-0.1, -0.05) is 30.3 Å². The average Bonchev–Trinajstić information content (AvgIpc) is 2.95. The third-order valence-electron chi connectivity index (χ3n) is 6.64. The summed E-state index contributed by atoms with van der Waals surface area (Å²) in [6, 6.07) is 14.7. The molecule has 5 rings (SSSR count). The van der Waals surface area contributed by atoms with Gasteiger partial charge in [0.2, 0.25) is 12.0 Å². The van der Waals surface area contributed by atoms with Crippen LogP contribution in [0.1, 0.15) is 11.1 Å². The van der Waals surface area contributed by atoms with Gasteiger partial charge in [-0.3, -0.25) is 4.79 Å². The number of carboxylic acid groups (broad SMARTS) is 1. The van der Waals surface area contributed by atoms with Gasteiger partial charge in [0, 0.05) is 23.3 Å². The molecule has 2 heterocycles. The molecule has 5 atom stereocenters. The van der Waals surface area contributed by atoms with Gasteiger partial charge in [0.1, 0.15) is 46.6 Å². The summed E-state index contributed by atoms with van der Waals surface area (Å²) in [5, 5.41) is 81.1. The molecule has 0 radical (unpaired) electrons.